The van der Waals surface area contributed by atoms with Gasteiger partial charge in [-0.15, -0.1) is 11.8 Å². The maximum absolute atomic E-state index is 12.1. The van der Waals surface area contributed by atoms with E-state index in [0.717, 1.165) is 17.8 Å². The monoisotopic (exact) mass is 376 g/mol. The van der Waals surface area contributed by atoms with E-state index in [-0.39, 0.29) is 23.2 Å². The SMILES string of the molecule is CCNCc1ccccc1NC(=O)CSCC(=O)c1ccc(Cl)cc1. The summed E-state index contributed by atoms with van der Waals surface area (Å²) in [6.07, 6.45) is 0. The van der Waals surface area contributed by atoms with Crippen LogP contribution in [0.3, 0.4) is 0 Å². The molecular weight excluding hydrogens is 356 g/mol. The predicted octanol–water partition coefficient (Wildman–Crippen LogP) is 4.00. The molecule has 0 aliphatic rings. The minimum atomic E-state index is -0.113. The number of carbonyl (C=O) groups is 2. The Morgan fingerprint density at radius 2 is 1.76 bits per heavy atom. The maximum Gasteiger partial charge on any atom is 0.234 e. The fourth-order valence-electron chi connectivity index (χ4n) is 2.20. The van der Waals surface area contributed by atoms with Crippen LogP contribution in [0.25, 0.3) is 0 Å². The molecule has 0 heterocycles. The van der Waals surface area contributed by atoms with Crippen LogP contribution in [0.1, 0.15) is 22.8 Å². The topological polar surface area (TPSA) is 58.2 Å². The summed E-state index contributed by atoms with van der Waals surface area (Å²) < 4.78 is 0. The molecule has 0 bridgehead atoms. The molecule has 0 saturated heterocycles. The number of Topliss-reactive ketones (excluding diaryl/α,β-unsaturated/α-hetero) is 1. The molecule has 0 aliphatic carbocycles. The molecule has 0 aliphatic heterocycles. The highest BCUT2D eigenvalue weighted by Crippen LogP contribution is 2.16. The highest BCUT2D eigenvalue weighted by Gasteiger charge is 2.10. The van der Waals surface area contributed by atoms with Crippen LogP contribution in [-0.4, -0.2) is 29.7 Å². The Hall–Kier alpha value is -1.82. The number of hydrogen-bond donors (Lipinski definition) is 2. The zero-order valence-corrected chi connectivity index (χ0v) is 15.6. The lowest BCUT2D eigenvalue weighted by molar-refractivity contribution is -0.113. The number of nitrogens with one attached hydrogen (secondary N) is 2. The molecule has 4 nitrogen and oxygen atoms in total. The normalized spacial score (nSPS) is 10.5. The zero-order chi connectivity index (χ0) is 18.1. The molecule has 25 heavy (non-hydrogen) atoms. The van der Waals surface area contributed by atoms with Crippen molar-refractivity contribution in [1.29, 1.82) is 0 Å². The second kappa shape index (κ2) is 10.2. The molecule has 2 aromatic rings. The molecule has 0 unspecified atom stereocenters. The van der Waals surface area contributed by atoms with Gasteiger partial charge in [-0.05, 0) is 42.4 Å². The molecule has 0 radical (unpaired) electrons. The van der Waals surface area contributed by atoms with E-state index in [2.05, 4.69) is 10.6 Å². The second-order valence-electron chi connectivity index (χ2n) is 5.41. The summed E-state index contributed by atoms with van der Waals surface area (Å²) in [6.45, 7) is 3.61. The average molecular weight is 377 g/mol. The van der Waals surface area contributed by atoms with Crippen LogP contribution in [0.4, 0.5) is 5.69 Å². The van der Waals surface area contributed by atoms with Crippen molar-refractivity contribution >= 4 is 40.7 Å². The van der Waals surface area contributed by atoms with Crippen molar-refractivity contribution in [2.45, 2.75) is 13.5 Å². The summed E-state index contributed by atoms with van der Waals surface area (Å²) in [5.41, 5.74) is 2.45. The van der Waals surface area contributed by atoms with Gasteiger partial charge in [0.2, 0.25) is 5.91 Å². The third-order valence-electron chi connectivity index (χ3n) is 3.49. The van der Waals surface area contributed by atoms with Gasteiger partial charge in [-0.25, -0.2) is 0 Å². The van der Waals surface area contributed by atoms with E-state index in [1.54, 1.807) is 24.3 Å². The van der Waals surface area contributed by atoms with Gasteiger partial charge in [0.05, 0.1) is 11.5 Å². The van der Waals surface area contributed by atoms with Gasteiger partial charge in [0, 0.05) is 22.8 Å². The predicted molar refractivity (Wildman–Crippen MR) is 106 cm³/mol. The third-order valence-corrected chi connectivity index (χ3v) is 4.67. The first-order valence-electron chi connectivity index (χ1n) is 8.05. The van der Waals surface area contributed by atoms with E-state index in [1.165, 1.54) is 11.8 Å². The fraction of sp³-hybridized carbons (Fsp3) is 0.263. The molecule has 2 rings (SSSR count). The number of ketones is 1. The van der Waals surface area contributed by atoms with Gasteiger partial charge in [0.15, 0.2) is 5.78 Å². The minimum Gasteiger partial charge on any atom is -0.325 e. The van der Waals surface area contributed by atoms with Crippen LogP contribution in [0, 0.1) is 0 Å². The van der Waals surface area contributed by atoms with E-state index in [4.69, 9.17) is 11.6 Å². The summed E-state index contributed by atoms with van der Waals surface area (Å²) in [4.78, 5) is 24.2. The molecule has 0 saturated carbocycles. The zero-order valence-electron chi connectivity index (χ0n) is 14.0. The molecule has 0 atom stereocenters. The minimum absolute atomic E-state index is 0.0120. The summed E-state index contributed by atoms with van der Waals surface area (Å²) in [5.74, 6) is 0.364. The van der Waals surface area contributed by atoms with Gasteiger partial charge < -0.3 is 10.6 Å². The lowest BCUT2D eigenvalue weighted by atomic mass is 10.1. The van der Waals surface area contributed by atoms with Crippen LogP contribution in [0.2, 0.25) is 5.02 Å². The van der Waals surface area contributed by atoms with Gasteiger partial charge in [0.1, 0.15) is 0 Å². The van der Waals surface area contributed by atoms with Crippen molar-refractivity contribution in [3.05, 3.63) is 64.7 Å². The number of anilines is 1. The van der Waals surface area contributed by atoms with Crippen molar-refractivity contribution < 1.29 is 9.59 Å². The number of halogens is 1. The lowest BCUT2D eigenvalue weighted by Gasteiger charge is -2.11. The lowest BCUT2D eigenvalue weighted by Crippen LogP contribution is -2.19. The van der Waals surface area contributed by atoms with E-state index < -0.39 is 0 Å². The fourth-order valence-corrected chi connectivity index (χ4v) is 3.04. The molecule has 132 valence electrons. The summed E-state index contributed by atoms with van der Waals surface area (Å²) in [7, 11) is 0. The smallest absolute Gasteiger partial charge is 0.234 e. The quantitative estimate of drug-likeness (QED) is 0.649. The van der Waals surface area contributed by atoms with Crippen LogP contribution in [0.5, 0.6) is 0 Å². The number of benzene rings is 2. The number of amides is 1. The number of para-hydroxylation sites is 1. The van der Waals surface area contributed by atoms with E-state index in [9.17, 15) is 9.59 Å². The van der Waals surface area contributed by atoms with Crippen molar-refractivity contribution in [2.75, 3.05) is 23.4 Å². The number of rotatable bonds is 9. The van der Waals surface area contributed by atoms with Crippen LogP contribution in [-0.2, 0) is 11.3 Å². The standard InChI is InChI=1S/C19H21ClN2O2S/c1-2-21-11-15-5-3-4-6-17(15)22-19(24)13-25-12-18(23)14-7-9-16(20)10-8-14/h3-10,21H,2,11-13H2,1H3,(H,22,24). The van der Waals surface area contributed by atoms with Crippen molar-refractivity contribution in [3.8, 4) is 0 Å². The summed E-state index contributed by atoms with van der Waals surface area (Å²) in [6, 6.07) is 14.5. The Bertz CT molecular complexity index is 720. The Morgan fingerprint density at radius 1 is 1.04 bits per heavy atom. The summed E-state index contributed by atoms with van der Waals surface area (Å²) >= 11 is 7.11. The van der Waals surface area contributed by atoms with Crippen LogP contribution >= 0.6 is 23.4 Å². The van der Waals surface area contributed by atoms with Gasteiger partial charge in [-0.3, -0.25) is 9.59 Å². The Balaban J connectivity index is 1.81. The molecule has 0 fully saturated rings. The Morgan fingerprint density at radius 3 is 2.48 bits per heavy atom. The first kappa shape index (κ1) is 19.5. The first-order valence-corrected chi connectivity index (χ1v) is 9.58. The molecule has 0 spiro atoms. The Kier molecular flexibility index (Phi) is 7.98. The molecule has 1 amide bonds. The second-order valence-corrected chi connectivity index (χ2v) is 6.83. The van der Waals surface area contributed by atoms with Gasteiger partial charge >= 0.3 is 0 Å². The van der Waals surface area contributed by atoms with Gasteiger partial charge in [0.25, 0.3) is 0 Å². The molecule has 2 N–H and O–H groups in total. The highest BCUT2D eigenvalue weighted by atomic mass is 35.5. The average Bonchev–Trinajstić information content (AvgIpc) is 2.61. The highest BCUT2D eigenvalue weighted by molar-refractivity contribution is 8.00. The first-order chi connectivity index (χ1) is 12.1. The van der Waals surface area contributed by atoms with Gasteiger partial charge in [-0.2, -0.15) is 0 Å². The van der Waals surface area contributed by atoms with Crippen LogP contribution < -0.4 is 10.6 Å². The summed E-state index contributed by atoms with van der Waals surface area (Å²) in [5, 5.41) is 6.76. The van der Waals surface area contributed by atoms with E-state index >= 15 is 0 Å². The molecular formula is C19H21ClN2O2S. The molecule has 6 heteroatoms. The van der Waals surface area contributed by atoms with Crippen molar-refractivity contribution in [1.82, 2.24) is 5.32 Å². The van der Waals surface area contributed by atoms with E-state index in [1.807, 2.05) is 31.2 Å². The molecule has 0 aromatic heterocycles. The third kappa shape index (κ3) is 6.53. The Labute approximate surface area is 157 Å². The molecule has 2 aromatic carbocycles. The number of carbonyl (C=O) groups excluding carboxylic acids is 2. The largest absolute Gasteiger partial charge is 0.325 e. The van der Waals surface area contributed by atoms with E-state index in [0.29, 0.717) is 17.1 Å². The van der Waals surface area contributed by atoms with Crippen LogP contribution in [0.15, 0.2) is 48.5 Å². The van der Waals surface area contributed by atoms with Crippen molar-refractivity contribution in [2.24, 2.45) is 0 Å². The number of hydrogen-bond acceptors (Lipinski definition) is 4. The maximum atomic E-state index is 12.1. The van der Waals surface area contributed by atoms with Crippen molar-refractivity contribution in [3.63, 3.8) is 0 Å². The number of thioether (sulfide) groups is 1. The van der Waals surface area contributed by atoms with Gasteiger partial charge in [-0.1, -0.05) is 36.7 Å².